The van der Waals surface area contributed by atoms with Crippen LogP contribution in [0.2, 0.25) is 0 Å². The smallest absolute Gasteiger partial charge is 0.222 e. The van der Waals surface area contributed by atoms with E-state index in [0.29, 0.717) is 6.54 Å². The Balaban J connectivity index is 1.92. The third kappa shape index (κ3) is 5.01. The zero-order chi connectivity index (χ0) is 20.8. The summed E-state index contributed by atoms with van der Waals surface area (Å²) in [5, 5.41) is 15.4. The van der Waals surface area contributed by atoms with Crippen molar-refractivity contribution in [3.8, 4) is 22.7 Å². The Bertz CT molecular complexity index is 981. The van der Waals surface area contributed by atoms with E-state index >= 15 is 0 Å². The maximum Gasteiger partial charge on any atom is 0.222 e. The molecule has 0 radical (unpaired) electrons. The second-order valence-electron chi connectivity index (χ2n) is 6.63. The van der Waals surface area contributed by atoms with Crippen molar-refractivity contribution in [3.63, 3.8) is 0 Å². The molecule has 150 valence electrons. The monoisotopic (exact) mass is 392 g/mol. The van der Waals surface area contributed by atoms with Crippen molar-refractivity contribution < 1.29 is 19.4 Å². The fourth-order valence-electron chi connectivity index (χ4n) is 2.97. The van der Waals surface area contributed by atoms with Crippen LogP contribution in [0.25, 0.3) is 16.9 Å². The lowest BCUT2D eigenvalue weighted by atomic mass is 10.1. The van der Waals surface area contributed by atoms with Crippen LogP contribution in [0, 0.1) is 0 Å². The predicted molar refractivity (Wildman–Crippen MR) is 106 cm³/mol. The molecule has 0 fully saturated rings. The van der Waals surface area contributed by atoms with E-state index in [2.05, 4.69) is 0 Å². The SMILES string of the molecule is COc1ccc(-c2nn(-c3ccccc3)cc2CN(C)C(=O)CCC(=O)[O-])cc1. The van der Waals surface area contributed by atoms with Crippen LogP contribution in [0.15, 0.2) is 60.8 Å². The van der Waals surface area contributed by atoms with E-state index in [-0.39, 0.29) is 18.7 Å². The molecule has 0 aliphatic heterocycles. The van der Waals surface area contributed by atoms with Gasteiger partial charge in [0.2, 0.25) is 5.91 Å². The van der Waals surface area contributed by atoms with Crippen molar-refractivity contribution in [2.24, 2.45) is 0 Å². The van der Waals surface area contributed by atoms with Gasteiger partial charge in [0, 0.05) is 43.3 Å². The fraction of sp³-hybridized carbons (Fsp3) is 0.227. The third-order valence-corrected chi connectivity index (χ3v) is 4.55. The van der Waals surface area contributed by atoms with Crippen molar-refractivity contribution in [1.29, 1.82) is 0 Å². The summed E-state index contributed by atoms with van der Waals surface area (Å²) in [6.07, 6.45) is 1.50. The number of benzene rings is 2. The Kier molecular flexibility index (Phi) is 6.29. The van der Waals surface area contributed by atoms with Gasteiger partial charge in [-0.3, -0.25) is 4.79 Å². The molecule has 3 rings (SSSR count). The lowest BCUT2D eigenvalue weighted by Crippen LogP contribution is -2.29. The molecule has 7 heteroatoms. The summed E-state index contributed by atoms with van der Waals surface area (Å²) in [6, 6.07) is 17.2. The van der Waals surface area contributed by atoms with Crippen molar-refractivity contribution in [2.45, 2.75) is 19.4 Å². The summed E-state index contributed by atoms with van der Waals surface area (Å²) >= 11 is 0. The van der Waals surface area contributed by atoms with Crippen LogP contribution in [0.1, 0.15) is 18.4 Å². The molecule has 0 atom stereocenters. The van der Waals surface area contributed by atoms with Gasteiger partial charge in [-0.2, -0.15) is 5.10 Å². The van der Waals surface area contributed by atoms with E-state index in [1.54, 1.807) is 18.8 Å². The Morgan fingerprint density at radius 3 is 2.38 bits per heavy atom. The number of carbonyl (C=O) groups is 2. The van der Waals surface area contributed by atoms with Crippen LogP contribution < -0.4 is 9.84 Å². The number of rotatable bonds is 8. The minimum Gasteiger partial charge on any atom is -0.550 e. The Morgan fingerprint density at radius 1 is 1.07 bits per heavy atom. The highest BCUT2D eigenvalue weighted by Gasteiger charge is 2.17. The molecule has 2 aromatic carbocycles. The number of carboxylic acid groups (broad SMARTS) is 1. The van der Waals surface area contributed by atoms with Crippen LogP contribution in [0.3, 0.4) is 0 Å². The molecule has 0 bridgehead atoms. The zero-order valence-electron chi connectivity index (χ0n) is 16.4. The normalized spacial score (nSPS) is 10.6. The number of aromatic nitrogens is 2. The molecule has 0 N–H and O–H groups in total. The highest BCUT2D eigenvalue weighted by molar-refractivity contribution is 5.80. The van der Waals surface area contributed by atoms with Gasteiger partial charge >= 0.3 is 0 Å². The van der Waals surface area contributed by atoms with Gasteiger partial charge in [-0.15, -0.1) is 0 Å². The van der Waals surface area contributed by atoms with Crippen molar-refractivity contribution in [2.75, 3.05) is 14.2 Å². The number of carboxylic acids is 1. The van der Waals surface area contributed by atoms with Gasteiger partial charge in [-0.05, 0) is 42.8 Å². The number of ether oxygens (including phenoxy) is 1. The Morgan fingerprint density at radius 2 is 1.76 bits per heavy atom. The molecular formula is C22H22N3O4-. The minimum atomic E-state index is -1.23. The fourth-order valence-corrected chi connectivity index (χ4v) is 2.97. The molecule has 0 aliphatic rings. The first-order valence-electron chi connectivity index (χ1n) is 9.20. The van der Waals surface area contributed by atoms with Gasteiger partial charge in [0.15, 0.2) is 0 Å². The van der Waals surface area contributed by atoms with E-state index < -0.39 is 5.97 Å². The second-order valence-corrected chi connectivity index (χ2v) is 6.63. The van der Waals surface area contributed by atoms with E-state index in [1.165, 1.54) is 4.90 Å². The molecule has 7 nitrogen and oxygen atoms in total. The van der Waals surface area contributed by atoms with Crippen LogP contribution in [0.5, 0.6) is 5.75 Å². The van der Waals surface area contributed by atoms with Gasteiger partial charge in [-0.1, -0.05) is 18.2 Å². The minimum absolute atomic E-state index is 0.0937. The maximum atomic E-state index is 12.3. The topological polar surface area (TPSA) is 87.5 Å². The van der Waals surface area contributed by atoms with E-state index in [0.717, 1.165) is 28.3 Å². The molecule has 29 heavy (non-hydrogen) atoms. The molecule has 1 aromatic heterocycles. The highest BCUT2D eigenvalue weighted by atomic mass is 16.5. The van der Waals surface area contributed by atoms with Crippen molar-refractivity contribution in [1.82, 2.24) is 14.7 Å². The number of para-hydroxylation sites is 1. The van der Waals surface area contributed by atoms with Crippen LogP contribution in [0.4, 0.5) is 0 Å². The first kappa shape index (κ1) is 20.1. The predicted octanol–water partition coefficient (Wildman–Crippen LogP) is 2.04. The molecular weight excluding hydrogens is 370 g/mol. The Hall–Kier alpha value is -3.61. The summed E-state index contributed by atoms with van der Waals surface area (Å²) in [4.78, 5) is 24.4. The average molecular weight is 392 g/mol. The number of hydrogen-bond donors (Lipinski definition) is 0. The molecule has 0 saturated heterocycles. The van der Waals surface area contributed by atoms with Gasteiger partial charge in [0.25, 0.3) is 0 Å². The van der Waals surface area contributed by atoms with E-state index in [9.17, 15) is 14.7 Å². The molecule has 0 aliphatic carbocycles. The number of carbonyl (C=O) groups excluding carboxylic acids is 2. The summed E-state index contributed by atoms with van der Waals surface area (Å²) in [6.45, 7) is 0.306. The quantitative estimate of drug-likeness (QED) is 0.585. The second kappa shape index (κ2) is 9.05. The summed E-state index contributed by atoms with van der Waals surface area (Å²) < 4.78 is 6.99. The standard InChI is InChI=1S/C22H23N3O4/c1-24(20(26)12-13-21(27)28)14-17-15-25(18-6-4-3-5-7-18)23-22(17)16-8-10-19(29-2)11-9-16/h3-11,15H,12-14H2,1-2H3,(H,27,28)/p-1. The molecule has 0 spiro atoms. The number of hydrogen-bond acceptors (Lipinski definition) is 5. The molecule has 0 saturated carbocycles. The number of nitrogens with zero attached hydrogens (tertiary/aromatic N) is 3. The molecule has 1 heterocycles. The average Bonchev–Trinajstić information content (AvgIpc) is 3.16. The molecule has 0 unspecified atom stereocenters. The van der Waals surface area contributed by atoms with Crippen LogP contribution >= 0.6 is 0 Å². The van der Waals surface area contributed by atoms with E-state index in [4.69, 9.17) is 9.84 Å². The first-order valence-corrected chi connectivity index (χ1v) is 9.20. The third-order valence-electron chi connectivity index (χ3n) is 4.55. The number of aliphatic carboxylic acids is 1. The largest absolute Gasteiger partial charge is 0.550 e. The van der Waals surface area contributed by atoms with Crippen LogP contribution in [-0.4, -0.2) is 40.7 Å². The summed E-state index contributed by atoms with van der Waals surface area (Å²) in [5.74, 6) is -0.753. The van der Waals surface area contributed by atoms with Crippen LogP contribution in [-0.2, 0) is 16.1 Å². The van der Waals surface area contributed by atoms with Gasteiger partial charge in [-0.25, -0.2) is 4.68 Å². The van der Waals surface area contributed by atoms with Gasteiger partial charge < -0.3 is 19.5 Å². The molecule has 1 amide bonds. The number of amides is 1. The Labute approximate surface area is 169 Å². The van der Waals surface area contributed by atoms with Crippen molar-refractivity contribution >= 4 is 11.9 Å². The first-order chi connectivity index (χ1) is 14.0. The molecule has 3 aromatic rings. The van der Waals surface area contributed by atoms with E-state index in [1.807, 2.05) is 60.8 Å². The maximum absolute atomic E-state index is 12.3. The lowest BCUT2D eigenvalue weighted by molar-refractivity contribution is -0.305. The van der Waals surface area contributed by atoms with Crippen molar-refractivity contribution in [3.05, 3.63) is 66.4 Å². The summed E-state index contributed by atoms with van der Waals surface area (Å²) in [5.41, 5.74) is 3.39. The lowest BCUT2D eigenvalue weighted by Gasteiger charge is -2.17. The van der Waals surface area contributed by atoms with Gasteiger partial charge in [0.05, 0.1) is 18.5 Å². The number of methoxy groups -OCH3 is 1. The summed E-state index contributed by atoms with van der Waals surface area (Å²) in [7, 11) is 3.26. The zero-order valence-corrected chi connectivity index (χ0v) is 16.4. The van der Waals surface area contributed by atoms with Gasteiger partial charge in [0.1, 0.15) is 5.75 Å². The highest BCUT2D eigenvalue weighted by Crippen LogP contribution is 2.26.